The van der Waals surface area contributed by atoms with Crippen molar-refractivity contribution in [3.05, 3.63) is 0 Å². The van der Waals surface area contributed by atoms with Gasteiger partial charge in [0.1, 0.15) is 0 Å². The number of alkyl halides is 1. The van der Waals surface area contributed by atoms with E-state index in [1.54, 1.807) is 0 Å². The van der Waals surface area contributed by atoms with E-state index in [4.69, 9.17) is 0 Å². The predicted molar refractivity (Wildman–Crippen MR) is 68.4 cm³/mol. The molecule has 1 fully saturated rings. The third-order valence-corrected chi connectivity index (χ3v) is 4.66. The van der Waals surface area contributed by atoms with Crippen molar-refractivity contribution >= 4 is 22.6 Å². The van der Waals surface area contributed by atoms with E-state index in [0.29, 0.717) is 5.41 Å². The molecule has 13 heavy (non-hydrogen) atoms. The van der Waals surface area contributed by atoms with Crippen molar-refractivity contribution in [1.82, 2.24) is 0 Å². The van der Waals surface area contributed by atoms with Crippen LogP contribution in [0.4, 0.5) is 0 Å². The summed E-state index contributed by atoms with van der Waals surface area (Å²) in [5.74, 6) is 1.97. The van der Waals surface area contributed by atoms with Gasteiger partial charge in [-0.15, -0.1) is 0 Å². The van der Waals surface area contributed by atoms with Crippen LogP contribution in [0.2, 0.25) is 0 Å². The highest BCUT2D eigenvalue weighted by Crippen LogP contribution is 2.41. The van der Waals surface area contributed by atoms with Crippen LogP contribution >= 0.6 is 22.6 Å². The van der Waals surface area contributed by atoms with Crippen LogP contribution in [0.25, 0.3) is 0 Å². The number of halogens is 1. The lowest BCUT2D eigenvalue weighted by atomic mass is 9.69. The molecule has 1 saturated carbocycles. The van der Waals surface area contributed by atoms with Crippen LogP contribution in [-0.2, 0) is 0 Å². The molecular formula is C12H23I. The van der Waals surface area contributed by atoms with E-state index in [1.807, 2.05) is 0 Å². The Hall–Kier alpha value is 0.730. The van der Waals surface area contributed by atoms with E-state index in [2.05, 4.69) is 50.3 Å². The highest BCUT2D eigenvalue weighted by molar-refractivity contribution is 14.1. The summed E-state index contributed by atoms with van der Waals surface area (Å²) in [5, 5.41) is 0. The van der Waals surface area contributed by atoms with E-state index in [1.165, 1.54) is 25.7 Å². The average molecular weight is 294 g/mol. The fourth-order valence-corrected chi connectivity index (χ4v) is 3.16. The molecule has 1 atom stereocenters. The number of rotatable bonds is 1. The second kappa shape index (κ2) is 4.50. The fraction of sp³-hybridized carbons (Fsp3) is 1.00. The summed E-state index contributed by atoms with van der Waals surface area (Å²) < 4.78 is 0.874. The minimum Gasteiger partial charge on any atom is -0.0826 e. The molecule has 0 amide bonds. The molecule has 0 radical (unpaired) electrons. The van der Waals surface area contributed by atoms with Crippen molar-refractivity contribution in [3.8, 4) is 0 Å². The molecule has 1 aliphatic carbocycles. The van der Waals surface area contributed by atoms with Crippen LogP contribution in [0, 0.1) is 17.3 Å². The molecule has 0 nitrogen and oxygen atoms in total. The third-order valence-electron chi connectivity index (χ3n) is 3.65. The van der Waals surface area contributed by atoms with Crippen molar-refractivity contribution in [2.75, 3.05) is 0 Å². The lowest BCUT2D eigenvalue weighted by molar-refractivity contribution is 0.151. The third kappa shape index (κ3) is 3.41. The van der Waals surface area contributed by atoms with Crippen LogP contribution in [-0.4, -0.2) is 3.92 Å². The largest absolute Gasteiger partial charge is 0.0826 e. The molecule has 0 aliphatic heterocycles. The zero-order valence-corrected chi connectivity index (χ0v) is 11.6. The molecule has 1 unspecified atom stereocenters. The second-order valence-electron chi connectivity index (χ2n) is 5.66. The Morgan fingerprint density at radius 3 is 1.85 bits per heavy atom. The topological polar surface area (TPSA) is 0 Å². The highest BCUT2D eigenvalue weighted by Gasteiger charge is 2.30. The molecular weight excluding hydrogens is 271 g/mol. The molecule has 0 heterocycles. The van der Waals surface area contributed by atoms with E-state index in [0.717, 1.165) is 15.8 Å². The molecule has 0 aromatic carbocycles. The Balaban J connectivity index is 2.39. The molecule has 0 spiro atoms. The number of hydrogen-bond acceptors (Lipinski definition) is 0. The van der Waals surface area contributed by atoms with Gasteiger partial charge >= 0.3 is 0 Å². The van der Waals surface area contributed by atoms with Crippen LogP contribution in [0.3, 0.4) is 0 Å². The summed E-state index contributed by atoms with van der Waals surface area (Å²) in [6.45, 7) is 9.55. The maximum Gasteiger partial charge on any atom is 0.0110 e. The fourth-order valence-electron chi connectivity index (χ4n) is 2.44. The Morgan fingerprint density at radius 2 is 1.54 bits per heavy atom. The van der Waals surface area contributed by atoms with Gasteiger partial charge in [0.2, 0.25) is 0 Å². The Kier molecular flexibility index (Phi) is 4.09. The Bertz CT molecular complexity index is 147. The van der Waals surface area contributed by atoms with E-state index >= 15 is 0 Å². The van der Waals surface area contributed by atoms with Gasteiger partial charge in [0.25, 0.3) is 0 Å². The minimum atomic E-state index is 0.541. The molecule has 1 heteroatoms. The monoisotopic (exact) mass is 294 g/mol. The van der Waals surface area contributed by atoms with E-state index in [9.17, 15) is 0 Å². The summed E-state index contributed by atoms with van der Waals surface area (Å²) >= 11 is 2.59. The molecule has 0 aromatic heterocycles. The van der Waals surface area contributed by atoms with E-state index < -0.39 is 0 Å². The van der Waals surface area contributed by atoms with Gasteiger partial charge in [-0.1, -0.05) is 50.3 Å². The normalized spacial score (nSPS) is 33.0. The zero-order chi connectivity index (χ0) is 10.1. The molecule has 1 aliphatic rings. The van der Waals surface area contributed by atoms with Crippen molar-refractivity contribution in [2.45, 2.75) is 57.3 Å². The Labute approximate surface area is 97.0 Å². The predicted octanol–water partition coefficient (Wildman–Crippen LogP) is 4.66. The van der Waals surface area contributed by atoms with Crippen molar-refractivity contribution in [1.29, 1.82) is 0 Å². The summed E-state index contributed by atoms with van der Waals surface area (Å²) in [5.41, 5.74) is 0.541. The van der Waals surface area contributed by atoms with Crippen LogP contribution in [0.1, 0.15) is 53.4 Å². The Morgan fingerprint density at radius 1 is 1.08 bits per heavy atom. The van der Waals surface area contributed by atoms with Gasteiger partial charge in [-0.2, -0.15) is 0 Å². The van der Waals surface area contributed by atoms with Gasteiger partial charge in [-0.3, -0.25) is 0 Å². The van der Waals surface area contributed by atoms with Gasteiger partial charge in [0, 0.05) is 3.92 Å². The van der Waals surface area contributed by atoms with Gasteiger partial charge in [0.05, 0.1) is 0 Å². The first kappa shape index (κ1) is 11.8. The quantitative estimate of drug-likeness (QED) is 0.487. The first-order valence-corrected chi connectivity index (χ1v) is 6.80. The zero-order valence-electron chi connectivity index (χ0n) is 9.44. The smallest absolute Gasteiger partial charge is 0.0110 e. The van der Waals surface area contributed by atoms with Crippen LogP contribution in [0.15, 0.2) is 0 Å². The maximum atomic E-state index is 2.59. The lowest BCUT2D eigenvalue weighted by Crippen LogP contribution is -2.28. The molecule has 1 rings (SSSR count). The highest BCUT2D eigenvalue weighted by atomic mass is 127. The average Bonchev–Trinajstić information content (AvgIpc) is 2.03. The lowest BCUT2D eigenvalue weighted by Gasteiger charge is -2.37. The summed E-state index contributed by atoms with van der Waals surface area (Å²) in [7, 11) is 0. The molecule has 0 saturated heterocycles. The van der Waals surface area contributed by atoms with Gasteiger partial charge in [0.15, 0.2) is 0 Å². The summed E-state index contributed by atoms with van der Waals surface area (Å²) in [4.78, 5) is 0. The SMILES string of the molecule is CC(I)C1CCC(C(C)(C)C)CC1. The van der Waals surface area contributed by atoms with Crippen molar-refractivity contribution in [2.24, 2.45) is 17.3 Å². The molecule has 0 aromatic rings. The van der Waals surface area contributed by atoms with Gasteiger partial charge in [-0.05, 0) is 42.9 Å². The standard InChI is InChI=1S/C12H23I/c1-9(13)10-5-7-11(8-6-10)12(2,3)4/h9-11H,5-8H2,1-4H3. The maximum absolute atomic E-state index is 2.59. The number of hydrogen-bond donors (Lipinski definition) is 0. The van der Waals surface area contributed by atoms with Crippen LogP contribution in [0.5, 0.6) is 0 Å². The minimum absolute atomic E-state index is 0.541. The van der Waals surface area contributed by atoms with Gasteiger partial charge in [-0.25, -0.2) is 0 Å². The first-order chi connectivity index (χ1) is 5.91. The molecule has 0 bridgehead atoms. The first-order valence-electron chi connectivity index (χ1n) is 5.55. The van der Waals surface area contributed by atoms with E-state index in [-0.39, 0.29) is 0 Å². The molecule has 0 N–H and O–H groups in total. The second-order valence-corrected chi connectivity index (χ2v) is 7.62. The molecule has 78 valence electrons. The van der Waals surface area contributed by atoms with Crippen molar-refractivity contribution in [3.63, 3.8) is 0 Å². The summed E-state index contributed by atoms with van der Waals surface area (Å²) in [6.07, 6.45) is 5.85. The van der Waals surface area contributed by atoms with Gasteiger partial charge < -0.3 is 0 Å². The van der Waals surface area contributed by atoms with Crippen molar-refractivity contribution < 1.29 is 0 Å². The van der Waals surface area contributed by atoms with Crippen LogP contribution < -0.4 is 0 Å². The summed E-state index contributed by atoms with van der Waals surface area (Å²) in [6, 6.07) is 0.